The Hall–Kier alpha value is -1.67. The number of hydrogen-bond acceptors (Lipinski definition) is 4. The smallest absolute Gasteiger partial charge is 0.337 e. The largest absolute Gasteiger partial charge is 0.465 e. The molecule has 0 aliphatic heterocycles. The number of nitrogens with zero attached hydrogens (tertiary/aromatic N) is 1. The Balaban J connectivity index is 3.31. The summed E-state index contributed by atoms with van der Waals surface area (Å²) in [5.41, 5.74) is 0.719. The molecule has 0 aliphatic carbocycles. The van der Waals surface area contributed by atoms with E-state index in [1.165, 1.54) is 25.3 Å². The zero-order valence-corrected chi connectivity index (χ0v) is 10.9. The van der Waals surface area contributed by atoms with Crippen LogP contribution >= 0.6 is 15.9 Å². The van der Waals surface area contributed by atoms with Crippen molar-refractivity contribution in [1.82, 2.24) is 0 Å². The quantitative estimate of drug-likeness (QED) is 0.487. The number of esters is 1. The molecule has 1 aromatic rings. The van der Waals surface area contributed by atoms with E-state index in [9.17, 15) is 9.59 Å². The van der Waals surface area contributed by atoms with Crippen molar-refractivity contribution < 1.29 is 14.3 Å². The number of ketones is 1. The second-order valence-electron chi connectivity index (χ2n) is 3.34. The van der Waals surface area contributed by atoms with Gasteiger partial charge in [0.15, 0.2) is 5.78 Å². The van der Waals surface area contributed by atoms with Crippen LogP contribution in [0.3, 0.4) is 0 Å². The zero-order valence-electron chi connectivity index (χ0n) is 9.36. The number of carbonyl (C=O) groups excluding carboxylic acids is 2. The maximum Gasteiger partial charge on any atom is 0.337 e. The Morgan fingerprint density at radius 3 is 2.59 bits per heavy atom. The van der Waals surface area contributed by atoms with Crippen LogP contribution in [0.2, 0.25) is 0 Å². The number of rotatable bonds is 3. The van der Waals surface area contributed by atoms with Crippen LogP contribution in [-0.4, -0.2) is 23.7 Å². The summed E-state index contributed by atoms with van der Waals surface area (Å²) >= 11 is 3.14. The molecule has 0 saturated carbocycles. The van der Waals surface area contributed by atoms with Crippen molar-refractivity contribution in [3.63, 3.8) is 0 Å². The summed E-state index contributed by atoms with van der Waals surface area (Å²) < 4.78 is 4.56. The lowest BCUT2D eigenvalue weighted by atomic mass is 10.00. The van der Waals surface area contributed by atoms with E-state index in [2.05, 4.69) is 20.7 Å². The summed E-state index contributed by atoms with van der Waals surface area (Å²) in [4.78, 5) is 22.8. The van der Waals surface area contributed by atoms with E-state index in [4.69, 9.17) is 5.26 Å². The predicted octanol–water partition coefficient (Wildman–Crippen LogP) is 2.31. The number of Topliss-reactive ketones (excluding diaryl/α,β-unsaturated/α-hetero) is 1. The highest BCUT2D eigenvalue weighted by Gasteiger charge is 2.18. The van der Waals surface area contributed by atoms with Crippen LogP contribution in [0.5, 0.6) is 0 Å². The van der Waals surface area contributed by atoms with Gasteiger partial charge in [-0.1, -0.05) is 15.9 Å². The highest BCUT2D eigenvalue weighted by molar-refractivity contribution is 9.10. The molecular weight excluding hydrogens is 286 g/mol. The van der Waals surface area contributed by atoms with Gasteiger partial charge in [0, 0.05) is 5.56 Å². The minimum Gasteiger partial charge on any atom is -0.465 e. The molecule has 0 radical (unpaired) electrons. The molecule has 0 amide bonds. The van der Waals surface area contributed by atoms with Crippen LogP contribution in [0.15, 0.2) is 18.2 Å². The number of ether oxygens (including phenoxy) is 1. The maximum absolute atomic E-state index is 11.8. The van der Waals surface area contributed by atoms with Crippen LogP contribution in [0.4, 0.5) is 0 Å². The predicted molar refractivity (Wildman–Crippen MR) is 65.2 cm³/mol. The molecule has 1 aromatic carbocycles. The Morgan fingerprint density at radius 2 is 2.12 bits per heavy atom. The fourth-order valence-electron chi connectivity index (χ4n) is 1.30. The van der Waals surface area contributed by atoms with Gasteiger partial charge in [0.05, 0.1) is 29.1 Å². The average molecular weight is 296 g/mol. The fourth-order valence-corrected chi connectivity index (χ4v) is 1.55. The van der Waals surface area contributed by atoms with Gasteiger partial charge in [-0.15, -0.1) is 0 Å². The molecule has 0 spiro atoms. The van der Waals surface area contributed by atoms with E-state index < -0.39 is 10.8 Å². The van der Waals surface area contributed by atoms with Crippen molar-refractivity contribution >= 4 is 27.7 Å². The van der Waals surface area contributed by atoms with Crippen molar-refractivity contribution in [3.8, 4) is 6.07 Å². The standard InChI is InChI=1S/C12H10BrNO3/c1-7(13)11(15)10-5-8(12(16)17-2)3-4-9(10)6-14/h3-5,7H,1-2H3. The van der Waals surface area contributed by atoms with Gasteiger partial charge in [-0.2, -0.15) is 5.26 Å². The van der Waals surface area contributed by atoms with E-state index in [1.54, 1.807) is 6.92 Å². The first-order valence-corrected chi connectivity index (χ1v) is 5.73. The topological polar surface area (TPSA) is 67.2 Å². The summed E-state index contributed by atoms with van der Waals surface area (Å²) in [7, 11) is 1.26. The normalized spacial score (nSPS) is 11.4. The third-order valence-corrected chi connectivity index (χ3v) is 2.60. The van der Waals surface area contributed by atoms with Gasteiger partial charge in [0.1, 0.15) is 0 Å². The SMILES string of the molecule is COC(=O)c1ccc(C#N)c(C(=O)C(C)Br)c1. The Morgan fingerprint density at radius 1 is 1.47 bits per heavy atom. The van der Waals surface area contributed by atoms with Crippen LogP contribution in [-0.2, 0) is 4.74 Å². The van der Waals surface area contributed by atoms with E-state index in [1.807, 2.05) is 6.07 Å². The summed E-state index contributed by atoms with van der Waals surface area (Å²) in [6.07, 6.45) is 0. The van der Waals surface area contributed by atoms with Gasteiger partial charge >= 0.3 is 5.97 Å². The van der Waals surface area contributed by atoms with Gasteiger partial charge < -0.3 is 4.74 Å². The van der Waals surface area contributed by atoms with Gasteiger partial charge in [-0.25, -0.2) is 4.79 Å². The van der Waals surface area contributed by atoms with Crippen molar-refractivity contribution in [2.24, 2.45) is 0 Å². The molecule has 4 nitrogen and oxygen atoms in total. The van der Waals surface area contributed by atoms with Crippen LogP contribution in [0.1, 0.15) is 33.2 Å². The zero-order chi connectivity index (χ0) is 13.0. The summed E-state index contributed by atoms with van der Waals surface area (Å²) in [5, 5.41) is 8.90. The lowest BCUT2D eigenvalue weighted by Gasteiger charge is -2.07. The summed E-state index contributed by atoms with van der Waals surface area (Å²) in [5.74, 6) is -0.780. The number of benzene rings is 1. The molecule has 0 saturated heterocycles. The first-order valence-electron chi connectivity index (χ1n) is 4.82. The number of methoxy groups -OCH3 is 1. The van der Waals surface area contributed by atoms with E-state index in [-0.39, 0.29) is 22.5 Å². The highest BCUT2D eigenvalue weighted by Crippen LogP contribution is 2.17. The molecule has 1 atom stereocenters. The third-order valence-electron chi connectivity index (χ3n) is 2.19. The number of alkyl halides is 1. The van der Waals surface area contributed by atoms with Crippen molar-refractivity contribution in [3.05, 3.63) is 34.9 Å². The molecule has 0 N–H and O–H groups in total. The van der Waals surface area contributed by atoms with Gasteiger partial charge in [0.25, 0.3) is 0 Å². The second kappa shape index (κ2) is 5.60. The first-order chi connectivity index (χ1) is 8.01. The molecule has 1 unspecified atom stereocenters. The molecule has 0 fully saturated rings. The van der Waals surface area contributed by atoms with E-state index in [0.717, 1.165) is 0 Å². The number of nitriles is 1. The number of halogens is 1. The van der Waals surface area contributed by atoms with Crippen molar-refractivity contribution in [2.75, 3.05) is 7.11 Å². The number of carbonyl (C=O) groups is 2. The van der Waals surface area contributed by atoms with Crippen molar-refractivity contribution in [2.45, 2.75) is 11.8 Å². The average Bonchev–Trinajstić information content (AvgIpc) is 2.35. The minimum absolute atomic E-state index is 0.222. The molecular formula is C12H10BrNO3. The van der Waals surface area contributed by atoms with Crippen LogP contribution < -0.4 is 0 Å². The highest BCUT2D eigenvalue weighted by atomic mass is 79.9. The molecule has 0 aliphatic rings. The Bertz CT molecular complexity index is 503. The maximum atomic E-state index is 11.8. The minimum atomic E-state index is -0.536. The molecule has 17 heavy (non-hydrogen) atoms. The number of hydrogen-bond donors (Lipinski definition) is 0. The molecule has 0 bridgehead atoms. The first kappa shape index (κ1) is 13.4. The van der Waals surface area contributed by atoms with Crippen LogP contribution in [0, 0.1) is 11.3 Å². The fraction of sp³-hybridized carbons (Fsp3) is 0.250. The summed E-state index contributed by atoms with van der Waals surface area (Å²) in [6.45, 7) is 1.66. The molecule has 5 heteroatoms. The van der Waals surface area contributed by atoms with Gasteiger partial charge in [0.2, 0.25) is 0 Å². The third kappa shape index (κ3) is 2.92. The van der Waals surface area contributed by atoms with Crippen LogP contribution in [0.25, 0.3) is 0 Å². The van der Waals surface area contributed by atoms with Gasteiger partial charge in [-0.3, -0.25) is 4.79 Å². The lowest BCUT2D eigenvalue weighted by Crippen LogP contribution is -2.13. The van der Waals surface area contributed by atoms with Crippen molar-refractivity contribution in [1.29, 1.82) is 5.26 Å². The van der Waals surface area contributed by atoms with E-state index >= 15 is 0 Å². The molecule has 0 aromatic heterocycles. The summed E-state index contributed by atoms with van der Waals surface area (Å²) in [6, 6.07) is 6.20. The Labute approximate surface area is 107 Å². The van der Waals surface area contributed by atoms with Gasteiger partial charge in [-0.05, 0) is 25.1 Å². The Kier molecular flexibility index (Phi) is 4.41. The molecule has 0 heterocycles. The second-order valence-corrected chi connectivity index (χ2v) is 4.72. The monoisotopic (exact) mass is 295 g/mol. The lowest BCUT2D eigenvalue weighted by molar-refractivity contribution is 0.0600. The molecule has 1 rings (SSSR count). The van der Waals surface area contributed by atoms with E-state index in [0.29, 0.717) is 0 Å². The molecule has 88 valence electrons.